The van der Waals surface area contributed by atoms with E-state index in [0.717, 1.165) is 16.8 Å². The highest BCUT2D eigenvalue weighted by Gasteiger charge is 2.12. The molecule has 0 unspecified atom stereocenters. The average Bonchev–Trinajstić information content (AvgIpc) is 2.82. The summed E-state index contributed by atoms with van der Waals surface area (Å²) < 4.78 is 4.26. The fraction of sp³-hybridized carbons (Fsp3) is 0.238. The molecule has 4 heteroatoms. The molecule has 0 spiro atoms. The lowest BCUT2D eigenvalue weighted by molar-refractivity contribution is 0.756. The van der Waals surface area contributed by atoms with Crippen LogP contribution in [0.1, 0.15) is 11.1 Å². The van der Waals surface area contributed by atoms with Crippen molar-refractivity contribution in [1.82, 2.24) is 14.1 Å². The van der Waals surface area contributed by atoms with E-state index in [1.807, 2.05) is 13.2 Å². The Morgan fingerprint density at radius 2 is 1.52 bits per heavy atom. The number of imidazole rings is 1. The fourth-order valence-corrected chi connectivity index (χ4v) is 3.82. The van der Waals surface area contributed by atoms with Gasteiger partial charge in [-0.25, -0.2) is 0 Å². The molecule has 0 saturated carbocycles. The summed E-state index contributed by atoms with van der Waals surface area (Å²) in [5, 5.41) is 2.37. The molecular weight excluding hydrogens is 308 g/mol. The number of aryl methyl sites for hydroxylation is 4. The first-order chi connectivity index (χ1) is 12.0. The van der Waals surface area contributed by atoms with Gasteiger partial charge in [0.1, 0.15) is 0 Å². The van der Waals surface area contributed by atoms with Crippen molar-refractivity contribution >= 4 is 21.8 Å². The van der Waals surface area contributed by atoms with Crippen molar-refractivity contribution in [1.29, 1.82) is 0 Å². The molecular formula is C21H22N4. The number of hydrogen-bond donors (Lipinski definition) is 0. The number of nitrogens with zero attached hydrogens (tertiary/aromatic N) is 4. The molecule has 25 heavy (non-hydrogen) atoms. The smallest absolute Gasteiger partial charge is 0.205 e. The molecule has 4 nitrogen and oxygen atoms in total. The van der Waals surface area contributed by atoms with E-state index in [-0.39, 0.29) is 0 Å². The van der Waals surface area contributed by atoms with Gasteiger partial charge in [-0.2, -0.15) is 0 Å². The molecule has 0 radical (unpaired) electrons. The normalized spacial score (nSPS) is 12.4. The number of fused-ring (bicyclic) bond motifs is 2. The highest BCUT2D eigenvalue weighted by molar-refractivity contribution is 6.02. The molecule has 0 N–H and O–H groups in total. The van der Waals surface area contributed by atoms with Crippen molar-refractivity contribution in [3.8, 4) is 11.3 Å². The van der Waals surface area contributed by atoms with Crippen molar-refractivity contribution in [2.45, 2.75) is 13.8 Å². The Morgan fingerprint density at radius 3 is 2.16 bits per heavy atom. The second-order valence-corrected chi connectivity index (χ2v) is 6.74. The Balaban J connectivity index is 2.12. The van der Waals surface area contributed by atoms with Gasteiger partial charge in [-0.05, 0) is 49.6 Å². The predicted octanol–water partition coefficient (Wildman–Crippen LogP) is 3.88. The molecule has 0 atom stereocenters. The van der Waals surface area contributed by atoms with Crippen molar-refractivity contribution in [2.24, 2.45) is 19.1 Å². The van der Waals surface area contributed by atoms with E-state index in [1.165, 1.54) is 33.0 Å². The van der Waals surface area contributed by atoms with Crippen LogP contribution in [0, 0.1) is 13.8 Å². The fourth-order valence-electron chi connectivity index (χ4n) is 3.82. The number of rotatable bonds is 1. The third-order valence-corrected chi connectivity index (χ3v) is 4.88. The minimum absolute atomic E-state index is 0.950. The third kappa shape index (κ3) is 2.37. The topological polar surface area (TPSA) is 35.1 Å². The summed E-state index contributed by atoms with van der Waals surface area (Å²) in [6.07, 6.45) is 1.90. The van der Waals surface area contributed by atoms with Crippen LogP contribution in [0.3, 0.4) is 0 Å². The van der Waals surface area contributed by atoms with E-state index in [2.05, 4.69) is 78.5 Å². The van der Waals surface area contributed by atoms with Gasteiger partial charge in [0.05, 0.1) is 16.7 Å². The largest absolute Gasteiger partial charge is 0.313 e. The van der Waals surface area contributed by atoms with Gasteiger partial charge in [0, 0.05) is 38.3 Å². The first-order valence-corrected chi connectivity index (χ1v) is 8.45. The third-order valence-electron chi connectivity index (χ3n) is 4.88. The van der Waals surface area contributed by atoms with Crippen LogP contribution in [-0.4, -0.2) is 21.2 Å². The predicted molar refractivity (Wildman–Crippen MR) is 104 cm³/mol. The highest BCUT2D eigenvalue weighted by atomic mass is 15.2. The summed E-state index contributed by atoms with van der Waals surface area (Å²) in [5.74, 6) is 0. The van der Waals surface area contributed by atoms with E-state index >= 15 is 0 Å². The van der Waals surface area contributed by atoms with E-state index in [0.29, 0.717) is 0 Å². The summed E-state index contributed by atoms with van der Waals surface area (Å²) in [5.41, 5.74) is 8.00. The van der Waals surface area contributed by atoms with Crippen LogP contribution in [0.4, 0.5) is 0 Å². The summed E-state index contributed by atoms with van der Waals surface area (Å²) in [6.45, 7) is 4.26. The quantitative estimate of drug-likeness (QED) is 0.521. The van der Waals surface area contributed by atoms with Gasteiger partial charge < -0.3 is 9.13 Å². The number of hydrogen-bond acceptors (Lipinski definition) is 2. The molecule has 4 aromatic rings. The van der Waals surface area contributed by atoms with Gasteiger partial charge in [-0.3, -0.25) is 9.98 Å². The van der Waals surface area contributed by atoms with Gasteiger partial charge in [-0.15, -0.1) is 0 Å². The summed E-state index contributed by atoms with van der Waals surface area (Å²) in [6, 6.07) is 13.1. The minimum atomic E-state index is 0.950. The Morgan fingerprint density at radius 1 is 0.880 bits per heavy atom. The lowest BCUT2D eigenvalue weighted by Gasteiger charge is -2.09. The summed E-state index contributed by atoms with van der Waals surface area (Å²) in [7, 11) is 5.95. The maximum Gasteiger partial charge on any atom is 0.205 e. The van der Waals surface area contributed by atoms with Gasteiger partial charge in [0.25, 0.3) is 0 Å². The zero-order valence-corrected chi connectivity index (χ0v) is 15.3. The molecule has 0 fully saturated rings. The van der Waals surface area contributed by atoms with Gasteiger partial charge in [-0.1, -0.05) is 17.2 Å². The van der Waals surface area contributed by atoms with Crippen LogP contribution in [0.2, 0.25) is 0 Å². The van der Waals surface area contributed by atoms with E-state index in [4.69, 9.17) is 4.98 Å². The van der Waals surface area contributed by atoms with Crippen LogP contribution in [-0.2, 0) is 14.1 Å². The standard InChI is InChI=1S/C21H22N4/c1-13-8-14(2)10-16(9-13)20-17-12-19-18(11-15(17)6-7-23-20)24(4)21(22-3)25(19)5/h6-12H,1-5H3. The molecule has 0 aliphatic heterocycles. The molecule has 0 amide bonds. The number of aromatic nitrogens is 3. The minimum Gasteiger partial charge on any atom is -0.313 e. The maximum absolute atomic E-state index is 4.71. The van der Waals surface area contributed by atoms with Crippen LogP contribution >= 0.6 is 0 Å². The van der Waals surface area contributed by atoms with E-state index < -0.39 is 0 Å². The molecule has 2 aromatic heterocycles. The molecule has 2 aromatic carbocycles. The zero-order valence-electron chi connectivity index (χ0n) is 15.3. The summed E-state index contributed by atoms with van der Waals surface area (Å²) in [4.78, 5) is 9.12. The van der Waals surface area contributed by atoms with E-state index in [9.17, 15) is 0 Å². The van der Waals surface area contributed by atoms with Gasteiger partial charge >= 0.3 is 0 Å². The number of benzene rings is 2. The van der Waals surface area contributed by atoms with Crippen molar-refractivity contribution in [3.05, 3.63) is 59.3 Å². The lowest BCUT2D eigenvalue weighted by Crippen LogP contribution is -2.21. The molecule has 126 valence electrons. The number of pyridine rings is 1. The van der Waals surface area contributed by atoms with Crippen molar-refractivity contribution in [2.75, 3.05) is 7.05 Å². The van der Waals surface area contributed by atoms with Gasteiger partial charge in [0.2, 0.25) is 5.62 Å². The second kappa shape index (κ2) is 5.59. The van der Waals surface area contributed by atoms with Crippen molar-refractivity contribution in [3.63, 3.8) is 0 Å². The highest BCUT2D eigenvalue weighted by Crippen LogP contribution is 2.30. The molecule has 0 aliphatic rings. The first-order valence-electron chi connectivity index (χ1n) is 8.45. The Labute approximate surface area is 147 Å². The van der Waals surface area contributed by atoms with Gasteiger partial charge in [0.15, 0.2) is 0 Å². The lowest BCUT2D eigenvalue weighted by atomic mass is 10.00. The summed E-state index contributed by atoms with van der Waals surface area (Å²) >= 11 is 0. The Bertz CT molecular complexity index is 1170. The monoisotopic (exact) mass is 330 g/mol. The average molecular weight is 330 g/mol. The van der Waals surface area contributed by atoms with E-state index in [1.54, 1.807) is 0 Å². The Kier molecular flexibility index (Phi) is 3.49. The maximum atomic E-state index is 4.71. The molecule has 0 aliphatic carbocycles. The van der Waals surface area contributed by atoms with Crippen LogP contribution in [0.5, 0.6) is 0 Å². The Hall–Kier alpha value is -2.88. The molecule has 2 heterocycles. The molecule has 4 rings (SSSR count). The SMILES string of the molecule is CN=c1n(C)c2cc3ccnc(-c4cc(C)cc(C)c4)c3cc2n1C. The van der Waals surface area contributed by atoms with Crippen LogP contribution < -0.4 is 5.62 Å². The van der Waals surface area contributed by atoms with Crippen LogP contribution in [0.25, 0.3) is 33.1 Å². The zero-order chi connectivity index (χ0) is 17.7. The molecule has 0 bridgehead atoms. The second-order valence-electron chi connectivity index (χ2n) is 6.74. The first kappa shape index (κ1) is 15.6. The molecule has 0 saturated heterocycles. The van der Waals surface area contributed by atoms with Crippen LogP contribution in [0.15, 0.2) is 47.6 Å². The van der Waals surface area contributed by atoms with Crippen molar-refractivity contribution < 1.29 is 0 Å².